The zero-order valence-corrected chi connectivity index (χ0v) is 26.1. The van der Waals surface area contributed by atoms with Crippen LogP contribution >= 0.6 is 0 Å². The second-order valence-electron chi connectivity index (χ2n) is 12.2. The minimum Gasteiger partial charge on any atom is -0.493 e. The molecule has 6 heteroatoms. The van der Waals surface area contributed by atoms with Gasteiger partial charge in [-0.2, -0.15) is 0 Å². The van der Waals surface area contributed by atoms with Crippen molar-refractivity contribution >= 4 is 28.3 Å². The molecule has 43 heavy (non-hydrogen) atoms. The molecule has 1 unspecified atom stereocenters. The Bertz CT molecular complexity index is 1560. The van der Waals surface area contributed by atoms with Crippen LogP contribution in [0.4, 0.5) is 5.69 Å². The molecule has 1 fully saturated rings. The molecule has 0 bridgehead atoms. The monoisotopic (exact) mass is 580 g/mol. The Morgan fingerprint density at radius 1 is 0.930 bits per heavy atom. The third-order valence-electron chi connectivity index (χ3n) is 8.90. The van der Waals surface area contributed by atoms with Crippen molar-refractivity contribution in [2.75, 3.05) is 19.1 Å². The minimum atomic E-state index is -0.803. The molecule has 0 saturated heterocycles. The molecule has 1 amide bonds. The normalized spacial score (nSPS) is 14.6. The fourth-order valence-corrected chi connectivity index (χ4v) is 6.59. The van der Waals surface area contributed by atoms with Gasteiger partial charge in [0.05, 0.1) is 20.6 Å². The van der Waals surface area contributed by atoms with Crippen molar-refractivity contribution in [3.05, 3.63) is 89.1 Å². The van der Waals surface area contributed by atoms with Gasteiger partial charge in [-0.25, -0.2) is 0 Å². The molecule has 1 aliphatic carbocycles. The Balaban J connectivity index is 1.63. The third kappa shape index (κ3) is 6.64. The van der Waals surface area contributed by atoms with Crippen LogP contribution in [0.2, 0.25) is 0 Å². The van der Waals surface area contributed by atoms with Crippen molar-refractivity contribution in [2.24, 2.45) is 5.92 Å². The zero-order valence-electron chi connectivity index (χ0n) is 26.1. The zero-order chi connectivity index (χ0) is 30.5. The van der Waals surface area contributed by atoms with E-state index in [1.807, 2.05) is 61.7 Å². The van der Waals surface area contributed by atoms with E-state index in [-0.39, 0.29) is 18.1 Å². The maximum Gasteiger partial charge on any atom is 0.232 e. The van der Waals surface area contributed by atoms with Crippen molar-refractivity contribution < 1.29 is 19.1 Å². The van der Waals surface area contributed by atoms with E-state index >= 15 is 0 Å². The smallest absolute Gasteiger partial charge is 0.232 e. The number of anilines is 1. The molecule has 0 spiro atoms. The molecule has 0 radical (unpaired) electrons. The Kier molecular flexibility index (Phi) is 9.54. The topological polar surface area (TPSA) is 71.6 Å². The number of benzene rings is 3. The Morgan fingerprint density at radius 3 is 2.33 bits per heavy atom. The lowest BCUT2D eigenvalue weighted by Crippen LogP contribution is -2.41. The summed E-state index contributed by atoms with van der Waals surface area (Å²) < 4.78 is 11.3. The van der Waals surface area contributed by atoms with Gasteiger partial charge in [-0.05, 0) is 71.3 Å². The number of aromatic amines is 1. The lowest BCUT2D eigenvalue weighted by atomic mass is 9.83. The maximum atomic E-state index is 14.6. The van der Waals surface area contributed by atoms with E-state index in [4.69, 9.17) is 9.47 Å². The van der Waals surface area contributed by atoms with Crippen molar-refractivity contribution in [2.45, 2.75) is 77.7 Å². The average Bonchev–Trinajstić information content (AvgIpc) is 3.42. The molecule has 3 aromatic carbocycles. The summed E-state index contributed by atoms with van der Waals surface area (Å²) in [5.41, 5.74) is 5.37. The fraction of sp³-hybridized carbons (Fsp3) is 0.405. The molecule has 6 nitrogen and oxygen atoms in total. The molecule has 1 N–H and O–H groups in total. The number of nitrogens with one attached hydrogen (secondary N) is 1. The van der Waals surface area contributed by atoms with Crippen LogP contribution in [0.3, 0.4) is 0 Å². The van der Waals surface area contributed by atoms with Gasteiger partial charge in [0.15, 0.2) is 17.3 Å². The number of hydrogen-bond acceptors (Lipinski definition) is 4. The number of ketones is 1. The molecule has 5 rings (SSSR count). The summed E-state index contributed by atoms with van der Waals surface area (Å²) in [4.78, 5) is 34.1. The van der Waals surface area contributed by atoms with Gasteiger partial charge in [-0.3, -0.25) is 14.5 Å². The second kappa shape index (κ2) is 13.5. The summed E-state index contributed by atoms with van der Waals surface area (Å²) in [6, 6.07) is 19.1. The van der Waals surface area contributed by atoms with Crippen molar-refractivity contribution in [3.63, 3.8) is 0 Å². The largest absolute Gasteiger partial charge is 0.493 e. The van der Waals surface area contributed by atoms with Crippen molar-refractivity contribution in [1.82, 2.24) is 4.98 Å². The highest BCUT2D eigenvalue weighted by Crippen LogP contribution is 2.40. The molecule has 1 aromatic heterocycles. The van der Waals surface area contributed by atoms with E-state index in [0.29, 0.717) is 35.4 Å². The van der Waals surface area contributed by atoms with E-state index in [1.54, 1.807) is 19.1 Å². The van der Waals surface area contributed by atoms with Gasteiger partial charge >= 0.3 is 0 Å². The van der Waals surface area contributed by atoms with E-state index in [0.717, 1.165) is 53.3 Å². The van der Waals surface area contributed by atoms with Gasteiger partial charge < -0.3 is 14.5 Å². The second-order valence-corrected chi connectivity index (χ2v) is 12.2. The van der Waals surface area contributed by atoms with Crippen LogP contribution in [0.25, 0.3) is 10.9 Å². The lowest BCUT2D eigenvalue weighted by molar-refractivity contribution is -0.125. The predicted octanol–water partition coefficient (Wildman–Crippen LogP) is 8.47. The molecule has 1 heterocycles. The maximum absolute atomic E-state index is 14.6. The van der Waals surface area contributed by atoms with Crippen LogP contribution in [0, 0.1) is 12.8 Å². The molecular formula is C37H44N2O4. The molecular weight excluding hydrogens is 536 g/mol. The summed E-state index contributed by atoms with van der Waals surface area (Å²) in [7, 11) is 3.22. The highest BCUT2D eigenvalue weighted by Gasteiger charge is 2.35. The molecule has 226 valence electrons. The lowest BCUT2D eigenvalue weighted by Gasteiger charge is -2.34. The Labute approximate surface area is 255 Å². The predicted molar refractivity (Wildman–Crippen MR) is 173 cm³/mol. The molecule has 1 aliphatic rings. The first-order valence-electron chi connectivity index (χ1n) is 15.5. The first-order chi connectivity index (χ1) is 20.8. The number of aryl methyl sites for hydroxylation is 1. The summed E-state index contributed by atoms with van der Waals surface area (Å²) in [6.07, 6.45) is 8.14. The van der Waals surface area contributed by atoms with Crippen LogP contribution in [-0.4, -0.2) is 30.9 Å². The van der Waals surface area contributed by atoms with Crippen LogP contribution in [0.5, 0.6) is 11.5 Å². The Hall–Kier alpha value is -4.06. The summed E-state index contributed by atoms with van der Waals surface area (Å²) in [5.74, 6) is 1.78. The number of ether oxygens (including phenoxy) is 2. The van der Waals surface area contributed by atoms with E-state index < -0.39 is 6.04 Å². The number of carbonyl (C=O) groups excluding carboxylic acids is 2. The third-order valence-corrected chi connectivity index (χ3v) is 8.90. The summed E-state index contributed by atoms with van der Waals surface area (Å²) in [5, 5.41) is 1.01. The number of H-pyrrole nitrogens is 1. The van der Waals surface area contributed by atoms with Crippen LogP contribution in [0.15, 0.2) is 66.9 Å². The number of nitrogens with zero attached hydrogens (tertiary/aromatic N) is 1. The standard InChI is InChI=1S/C37H44N2O4/c1-24(2)27-15-17-30(18-16-27)39(35(41)22-29-23-38-32-14-10-9-13-31(29)32)36(33(40)20-26-11-7-6-8-12-26)28-19-25(3)37(43-5)34(21-28)42-4/h9-10,13-19,21,23-24,26,36,38H,6-8,11-12,20,22H2,1-5H3. The first-order valence-corrected chi connectivity index (χ1v) is 15.5. The molecule has 1 atom stereocenters. The van der Waals surface area contributed by atoms with Crippen LogP contribution in [0.1, 0.15) is 86.6 Å². The number of para-hydroxylation sites is 1. The van der Waals surface area contributed by atoms with Gasteiger partial charge in [0.2, 0.25) is 5.91 Å². The summed E-state index contributed by atoms with van der Waals surface area (Å²) >= 11 is 0. The van der Waals surface area contributed by atoms with E-state index in [1.165, 1.54) is 12.0 Å². The van der Waals surface area contributed by atoms with E-state index in [2.05, 4.69) is 31.0 Å². The van der Waals surface area contributed by atoms with Crippen molar-refractivity contribution in [1.29, 1.82) is 0 Å². The number of Topliss-reactive ketones (excluding diaryl/α,β-unsaturated/α-hetero) is 1. The number of methoxy groups -OCH3 is 2. The van der Waals surface area contributed by atoms with Crippen LogP contribution in [-0.2, 0) is 16.0 Å². The van der Waals surface area contributed by atoms with Gasteiger partial charge in [0, 0.05) is 29.2 Å². The molecule has 4 aromatic rings. The fourth-order valence-electron chi connectivity index (χ4n) is 6.59. The molecule has 0 aliphatic heterocycles. The minimum absolute atomic E-state index is 0.0544. The highest BCUT2D eigenvalue weighted by molar-refractivity contribution is 6.04. The SMILES string of the molecule is COc1cc(C(C(=O)CC2CCCCC2)N(C(=O)Cc2c[nH]c3ccccc23)c2ccc(C(C)C)cc2)cc(C)c1OC. The average molecular weight is 581 g/mol. The highest BCUT2D eigenvalue weighted by atomic mass is 16.5. The Morgan fingerprint density at radius 2 is 1.65 bits per heavy atom. The van der Waals surface area contributed by atoms with Gasteiger partial charge in [-0.1, -0.05) is 76.3 Å². The van der Waals surface area contributed by atoms with Crippen molar-refractivity contribution in [3.8, 4) is 11.5 Å². The quantitative estimate of drug-likeness (QED) is 0.193. The number of amides is 1. The number of hydrogen-bond donors (Lipinski definition) is 1. The van der Waals surface area contributed by atoms with E-state index in [9.17, 15) is 9.59 Å². The number of aromatic nitrogens is 1. The van der Waals surface area contributed by atoms with Gasteiger partial charge in [0.1, 0.15) is 6.04 Å². The van der Waals surface area contributed by atoms with Crippen LogP contribution < -0.4 is 14.4 Å². The van der Waals surface area contributed by atoms with Gasteiger partial charge in [0.25, 0.3) is 0 Å². The number of fused-ring (bicyclic) bond motifs is 1. The first kappa shape index (κ1) is 30.4. The summed E-state index contributed by atoms with van der Waals surface area (Å²) in [6.45, 7) is 6.25. The molecule has 1 saturated carbocycles. The number of rotatable bonds is 11. The van der Waals surface area contributed by atoms with Gasteiger partial charge in [-0.15, -0.1) is 0 Å². The number of carbonyl (C=O) groups is 2.